The van der Waals surface area contributed by atoms with Gasteiger partial charge in [-0.1, -0.05) is 12.1 Å². The molecular formula is C16H15FO4. The first-order valence-corrected chi connectivity index (χ1v) is 6.32. The van der Waals surface area contributed by atoms with Crippen LogP contribution in [0.15, 0.2) is 36.4 Å². The number of methoxy groups -OCH3 is 1. The molecule has 2 aromatic rings. The van der Waals surface area contributed by atoms with Crippen LogP contribution >= 0.6 is 0 Å². The molecule has 0 aliphatic carbocycles. The third kappa shape index (κ3) is 3.20. The van der Waals surface area contributed by atoms with Crippen LogP contribution in [0.25, 0.3) is 0 Å². The van der Waals surface area contributed by atoms with E-state index < -0.39 is 5.82 Å². The fourth-order valence-corrected chi connectivity index (χ4v) is 1.89. The van der Waals surface area contributed by atoms with Crippen molar-refractivity contribution in [3.05, 3.63) is 53.3 Å². The van der Waals surface area contributed by atoms with Crippen molar-refractivity contribution >= 4 is 5.78 Å². The highest BCUT2D eigenvalue weighted by Crippen LogP contribution is 2.35. The third-order valence-corrected chi connectivity index (χ3v) is 2.97. The Labute approximate surface area is 121 Å². The number of Topliss-reactive ketones (excluding diaryl/α,β-unsaturated/α-hetero) is 1. The zero-order chi connectivity index (χ0) is 15.4. The molecule has 5 heteroatoms. The molecule has 0 saturated carbocycles. The number of benzene rings is 2. The largest absolute Gasteiger partial charge is 0.493 e. The summed E-state index contributed by atoms with van der Waals surface area (Å²) in [4.78, 5) is 11.6. The lowest BCUT2D eigenvalue weighted by Gasteiger charge is -2.14. The van der Waals surface area contributed by atoms with Crippen LogP contribution in [-0.2, 0) is 6.61 Å². The van der Waals surface area contributed by atoms with E-state index in [0.717, 1.165) is 0 Å². The first-order valence-electron chi connectivity index (χ1n) is 6.32. The average Bonchev–Trinajstić information content (AvgIpc) is 2.49. The summed E-state index contributed by atoms with van der Waals surface area (Å²) in [7, 11) is 1.44. The number of aliphatic hydroxyl groups is 1. The molecule has 0 amide bonds. The quantitative estimate of drug-likeness (QED) is 0.858. The highest BCUT2D eigenvalue weighted by atomic mass is 19.1. The third-order valence-electron chi connectivity index (χ3n) is 2.97. The highest BCUT2D eigenvalue weighted by molar-refractivity contribution is 5.97. The first kappa shape index (κ1) is 15.0. The average molecular weight is 290 g/mol. The molecule has 2 aromatic carbocycles. The molecule has 0 saturated heterocycles. The number of rotatable bonds is 5. The predicted molar refractivity (Wildman–Crippen MR) is 75.4 cm³/mol. The van der Waals surface area contributed by atoms with E-state index in [4.69, 9.17) is 14.6 Å². The topological polar surface area (TPSA) is 55.8 Å². The fraction of sp³-hybridized carbons (Fsp3) is 0.188. The minimum atomic E-state index is -0.629. The van der Waals surface area contributed by atoms with Crippen LogP contribution in [0.3, 0.4) is 0 Å². The second kappa shape index (κ2) is 6.37. The Morgan fingerprint density at radius 2 is 2.00 bits per heavy atom. The molecule has 0 aromatic heterocycles. The Morgan fingerprint density at radius 3 is 2.62 bits per heavy atom. The summed E-state index contributed by atoms with van der Waals surface area (Å²) in [5, 5.41) is 9.10. The highest BCUT2D eigenvalue weighted by Gasteiger charge is 2.16. The number of ketones is 1. The van der Waals surface area contributed by atoms with Gasteiger partial charge in [-0.2, -0.15) is 0 Å². The van der Waals surface area contributed by atoms with Gasteiger partial charge in [0, 0.05) is 0 Å². The van der Waals surface area contributed by atoms with Crippen molar-refractivity contribution in [3.63, 3.8) is 0 Å². The first-order chi connectivity index (χ1) is 10.1. The maximum Gasteiger partial charge on any atom is 0.174 e. The number of aliphatic hydroxyl groups excluding tert-OH is 1. The van der Waals surface area contributed by atoms with E-state index >= 15 is 0 Å². The minimum Gasteiger partial charge on any atom is -0.493 e. The van der Waals surface area contributed by atoms with E-state index in [0.29, 0.717) is 11.3 Å². The van der Waals surface area contributed by atoms with E-state index in [-0.39, 0.29) is 29.5 Å². The smallest absolute Gasteiger partial charge is 0.174 e. The number of carbonyl (C=O) groups excluding carboxylic acids is 1. The van der Waals surface area contributed by atoms with Gasteiger partial charge in [-0.05, 0) is 36.8 Å². The number of carbonyl (C=O) groups is 1. The molecule has 4 nitrogen and oxygen atoms in total. The van der Waals surface area contributed by atoms with Crippen molar-refractivity contribution in [3.8, 4) is 17.2 Å². The Balaban J connectivity index is 2.45. The Kier molecular flexibility index (Phi) is 4.55. The molecule has 0 heterocycles. The van der Waals surface area contributed by atoms with Crippen LogP contribution in [0.2, 0.25) is 0 Å². The fourth-order valence-electron chi connectivity index (χ4n) is 1.89. The van der Waals surface area contributed by atoms with E-state index in [1.165, 1.54) is 32.2 Å². The van der Waals surface area contributed by atoms with Crippen molar-refractivity contribution in [1.29, 1.82) is 0 Å². The van der Waals surface area contributed by atoms with E-state index in [1.807, 2.05) is 0 Å². The van der Waals surface area contributed by atoms with E-state index in [1.54, 1.807) is 18.2 Å². The van der Waals surface area contributed by atoms with E-state index in [9.17, 15) is 9.18 Å². The predicted octanol–water partition coefficient (Wildman–Crippen LogP) is 3.32. The van der Waals surface area contributed by atoms with Crippen molar-refractivity contribution in [2.24, 2.45) is 0 Å². The summed E-state index contributed by atoms with van der Waals surface area (Å²) in [5.74, 6) is -0.451. The Bertz CT molecular complexity index is 667. The van der Waals surface area contributed by atoms with Crippen LogP contribution in [0, 0.1) is 5.82 Å². The second-order valence-corrected chi connectivity index (χ2v) is 4.42. The molecule has 0 aliphatic rings. The van der Waals surface area contributed by atoms with Gasteiger partial charge < -0.3 is 14.6 Å². The Morgan fingerprint density at radius 1 is 1.24 bits per heavy atom. The van der Waals surface area contributed by atoms with Crippen LogP contribution < -0.4 is 9.47 Å². The lowest BCUT2D eigenvalue weighted by molar-refractivity contribution is 0.101. The van der Waals surface area contributed by atoms with Gasteiger partial charge in [0.15, 0.2) is 28.8 Å². The maximum absolute atomic E-state index is 13.9. The van der Waals surface area contributed by atoms with Crippen LogP contribution in [0.5, 0.6) is 17.2 Å². The lowest BCUT2D eigenvalue weighted by atomic mass is 10.1. The van der Waals surface area contributed by atoms with E-state index in [2.05, 4.69) is 0 Å². The van der Waals surface area contributed by atoms with Crippen molar-refractivity contribution in [1.82, 2.24) is 0 Å². The van der Waals surface area contributed by atoms with Crippen molar-refractivity contribution < 1.29 is 23.8 Å². The molecule has 0 radical (unpaired) electrons. The lowest BCUT2D eigenvalue weighted by Crippen LogP contribution is -2.01. The maximum atomic E-state index is 13.9. The molecule has 0 fully saturated rings. The zero-order valence-corrected chi connectivity index (χ0v) is 11.7. The molecule has 110 valence electrons. The van der Waals surface area contributed by atoms with Gasteiger partial charge in [0.25, 0.3) is 0 Å². The monoisotopic (exact) mass is 290 g/mol. The van der Waals surface area contributed by atoms with Gasteiger partial charge in [0.2, 0.25) is 0 Å². The SMILES string of the molecule is COc1cc(CO)ccc1Oc1c(F)cccc1C(C)=O. The normalized spacial score (nSPS) is 10.3. The molecule has 0 aliphatic heterocycles. The molecule has 2 rings (SSSR count). The summed E-state index contributed by atoms with van der Waals surface area (Å²) >= 11 is 0. The molecule has 0 bridgehead atoms. The minimum absolute atomic E-state index is 0.139. The number of halogens is 1. The molecule has 21 heavy (non-hydrogen) atoms. The molecule has 0 atom stereocenters. The molecule has 0 unspecified atom stereocenters. The number of para-hydroxylation sites is 1. The van der Waals surface area contributed by atoms with Gasteiger partial charge in [-0.15, -0.1) is 0 Å². The Hall–Kier alpha value is -2.40. The van der Waals surface area contributed by atoms with Crippen molar-refractivity contribution in [2.45, 2.75) is 13.5 Å². The molecule has 0 spiro atoms. The summed E-state index contributed by atoms with van der Waals surface area (Å²) in [6.07, 6.45) is 0. The summed E-state index contributed by atoms with van der Waals surface area (Å²) in [6.45, 7) is 1.20. The van der Waals surface area contributed by atoms with Crippen LogP contribution in [0.4, 0.5) is 4.39 Å². The zero-order valence-electron chi connectivity index (χ0n) is 11.7. The van der Waals surface area contributed by atoms with Crippen molar-refractivity contribution in [2.75, 3.05) is 7.11 Å². The molecular weight excluding hydrogens is 275 g/mol. The van der Waals surface area contributed by atoms with Gasteiger partial charge >= 0.3 is 0 Å². The summed E-state index contributed by atoms with van der Waals surface area (Å²) < 4.78 is 24.6. The standard InChI is InChI=1S/C16H15FO4/c1-10(19)12-4-3-5-13(17)16(12)21-14-7-6-11(9-18)8-15(14)20-2/h3-8,18H,9H2,1-2H3. The molecule has 1 N–H and O–H groups in total. The number of ether oxygens (including phenoxy) is 2. The van der Waals surface area contributed by atoms with Crippen LogP contribution in [-0.4, -0.2) is 18.0 Å². The second-order valence-electron chi connectivity index (χ2n) is 4.42. The number of hydrogen-bond acceptors (Lipinski definition) is 4. The number of hydrogen-bond donors (Lipinski definition) is 1. The summed E-state index contributed by atoms with van der Waals surface area (Å²) in [6, 6.07) is 8.94. The van der Waals surface area contributed by atoms with Crippen LogP contribution in [0.1, 0.15) is 22.8 Å². The summed E-state index contributed by atoms with van der Waals surface area (Å²) in [5.41, 5.74) is 0.794. The van der Waals surface area contributed by atoms with Gasteiger partial charge in [0.1, 0.15) is 0 Å². The van der Waals surface area contributed by atoms with Gasteiger partial charge in [-0.25, -0.2) is 4.39 Å². The van der Waals surface area contributed by atoms with Gasteiger partial charge in [-0.3, -0.25) is 4.79 Å². The van der Waals surface area contributed by atoms with Gasteiger partial charge in [0.05, 0.1) is 19.3 Å².